The molecule has 2 amide bonds. The van der Waals surface area contributed by atoms with Gasteiger partial charge in [0.05, 0.1) is 25.2 Å². The van der Waals surface area contributed by atoms with Crippen LogP contribution in [0.4, 0.5) is 21.0 Å². The number of nitrogens with one attached hydrogen (secondary N) is 3. The van der Waals surface area contributed by atoms with Crippen LogP contribution in [-0.2, 0) is 24.5 Å². The Bertz CT molecular complexity index is 2550. The molecule has 13 heteroatoms. The molecule has 0 aliphatic carbocycles. The molecule has 1 atom stereocenters. The minimum atomic E-state index is -1.29. The molecule has 2 aliphatic rings. The molecule has 2 heterocycles. The van der Waals surface area contributed by atoms with Gasteiger partial charge in [-0.15, -0.1) is 0 Å². The second kappa shape index (κ2) is 54.8. The molecular weight excluding hydrogens is 1230 g/mol. The largest absolute Gasteiger partial charge is 0.478 e. The van der Waals surface area contributed by atoms with Crippen molar-refractivity contribution in [2.24, 2.45) is 0 Å². The topological polar surface area (TPSA) is 140 Å². The van der Waals surface area contributed by atoms with Crippen molar-refractivity contribution in [2.75, 3.05) is 68.9 Å². The van der Waals surface area contributed by atoms with Crippen LogP contribution in [0.15, 0.2) is 85.9 Å². The van der Waals surface area contributed by atoms with Crippen molar-refractivity contribution in [3.05, 3.63) is 108 Å². The number of alkyl carbamates (subject to hydrolysis) is 2. The standard InChI is InChI=1S/C86H141N5O8/c1-6-10-13-16-19-22-25-28-31-34-37-40-43-46-49-54-63-87-74(5)95-69-67-91(68-71-97-85(94)89-65-56-51-48-45-42-39-36-33-30-27-24-21-18-15-12-8-3)76-60-62-80-82(73-76)98-81-72-75(59-61-79(81)86(80)78-58-53-52-57-77(78)83(92)99-86)90(9-4)66-70-96-84(93)88-64-55-50-47-44-41-38-35-32-29-26-23-20-17-14-11-7-2/h9,52-53,57-62,72-73,87H,4-8,10-51,54-56,63-71H2,1-3H3,(H,88,93)(H,89,94). The number of carbonyl (C=O) groups is 3. The highest BCUT2D eigenvalue weighted by Crippen LogP contribution is 2.57. The molecule has 558 valence electrons. The third-order valence-corrected chi connectivity index (χ3v) is 20.3. The molecule has 0 aromatic heterocycles. The highest BCUT2D eigenvalue weighted by atomic mass is 16.6. The number of hydrogen-bond donors (Lipinski definition) is 3. The van der Waals surface area contributed by atoms with E-state index in [9.17, 15) is 14.4 Å². The van der Waals surface area contributed by atoms with Crippen LogP contribution in [0.3, 0.4) is 0 Å². The summed E-state index contributed by atoms with van der Waals surface area (Å²) in [6.45, 7) is 19.0. The van der Waals surface area contributed by atoms with Gasteiger partial charge in [0.15, 0.2) is 11.5 Å². The first-order valence-electron chi connectivity index (χ1n) is 41.1. The normalized spacial score (nSPS) is 13.5. The van der Waals surface area contributed by atoms with Gasteiger partial charge in [-0.25, -0.2) is 14.4 Å². The van der Waals surface area contributed by atoms with Gasteiger partial charge >= 0.3 is 18.2 Å². The van der Waals surface area contributed by atoms with E-state index >= 15 is 0 Å². The molecule has 13 nitrogen and oxygen atoms in total. The second-order valence-electron chi connectivity index (χ2n) is 28.7. The summed E-state index contributed by atoms with van der Waals surface area (Å²) in [4.78, 5) is 43.9. The van der Waals surface area contributed by atoms with E-state index in [1.807, 2.05) is 65.6 Å². The molecule has 5 rings (SSSR count). The van der Waals surface area contributed by atoms with Gasteiger partial charge in [0.2, 0.25) is 0 Å². The lowest BCUT2D eigenvalue weighted by atomic mass is 9.77. The molecule has 3 N–H and O–H groups in total. The molecule has 0 radical (unpaired) electrons. The third kappa shape index (κ3) is 34.6. The monoisotopic (exact) mass is 1370 g/mol. The van der Waals surface area contributed by atoms with E-state index in [4.69, 9.17) is 23.7 Å². The average Bonchev–Trinajstić information content (AvgIpc) is 1.62. The van der Waals surface area contributed by atoms with Crippen molar-refractivity contribution in [1.82, 2.24) is 16.0 Å². The molecule has 0 fully saturated rings. The number of unbranched alkanes of at least 4 members (excludes halogenated alkanes) is 45. The summed E-state index contributed by atoms with van der Waals surface area (Å²) in [5.74, 6) is 1.15. The van der Waals surface area contributed by atoms with Crippen molar-refractivity contribution in [2.45, 2.75) is 335 Å². The Balaban J connectivity index is 1.12. The highest BCUT2D eigenvalue weighted by Gasteiger charge is 2.53. The summed E-state index contributed by atoms with van der Waals surface area (Å²) in [6.07, 6.45) is 63.9. The van der Waals surface area contributed by atoms with Crippen LogP contribution in [0, 0.1) is 0 Å². The Morgan fingerprint density at radius 2 is 0.747 bits per heavy atom. The van der Waals surface area contributed by atoms with E-state index in [0.29, 0.717) is 73.4 Å². The smallest absolute Gasteiger partial charge is 0.407 e. The van der Waals surface area contributed by atoms with Gasteiger partial charge in [-0.2, -0.15) is 0 Å². The molecule has 1 unspecified atom stereocenters. The molecule has 0 saturated carbocycles. The summed E-state index contributed by atoms with van der Waals surface area (Å²) >= 11 is 0. The first kappa shape index (κ1) is 83.8. The highest BCUT2D eigenvalue weighted by molar-refractivity contribution is 5.97. The van der Waals surface area contributed by atoms with Crippen LogP contribution < -0.4 is 30.5 Å². The summed E-state index contributed by atoms with van der Waals surface area (Å²) in [5.41, 5.74) is 2.89. The van der Waals surface area contributed by atoms with E-state index in [-0.39, 0.29) is 13.2 Å². The van der Waals surface area contributed by atoms with Crippen LogP contribution in [0.2, 0.25) is 0 Å². The van der Waals surface area contributed by atoms with Crippen LogP contribution in [-0.4, -0.2) is 77.2 Å². The number of hydrogen-bond acceptors (Lipinski definition) is 11. The van der Waals surface area contributed by atoms with Crippen molar-refractivity contribution in [3.8, 4) is 11.5 Å². The number of anilines is 2. The molecule has 0 bridgehead atoms. The number of rotatable bonds is 65. The second-order valence-corrected chi connectivity index (χ2v) is 28.7. The lowest BCUT2D eigenvalue weighted by Gasteiger charge is -2.37. The fourth-order valence-electron chi connectivity index (χ4n) is 14.3. The Hall–Kier alpha value is -5.85. The Morgan fingerprint density at radius 1 is 0.414 bits per heavy atom. The average molecular weight is 1370 g/mol. The van der Waals surface area contributed by atoms with Gasteiger partial charge in [-0.1, -0.05) is 334 Å². The lowest BCUT2D eigenvalue weighted by Crippen LogP contribution is -2.35. The van der Waals surface area contributed by atoms with Crippen molar-refractivity contribution >= 4 is 29.5 Å². The van der Waals surface area contributed by atoms with Gasteiger partial charge < -0.3 is 49.4 Å². The molecular formula is C86H141N5O8. The zero-order valence-corrected chi connectivity index (χ0v) is 63.2. The minimum Gasteiger partial charge on any atom is -0.478 e. The van der Waals surface area contributed by atoms with Crippen LogP contribution >= 0.6 is 0 Å². The number of nitrogens with zero attached hydrogens (tertiary/aromatic N) is 2. The molecule has 0 saturated heterocycles. The van der Waals surface area contributed by atoms with Crippen molar-refractivity contribution in [1.29, 1.82) is 0 Å². The van der Waals surface area contributed by atoms with Crippen molar-refractivity contribution < 1.29 is 38.1 Å². The van der Waals surface area contributed by atoms with E-state index in [1.54, 1.807) is 6.20 Å². The Kier molecular flexibility index (Phi) is 46.4. The molecule has 1 spiro atoms. The SMILES string of the molecule is C=CN(CCOC(=O)NCCCCCCCCCCCCCCCCCC)c1ccc2c(c1)Oc1cc(N(CCOC(=C)NCCCCCCCCCCCCCCCCCC)CCOC(=O)NCCCCCCCCCCCCCCCCCC)ccc1C21OC(=O)c2ccccc21. The number of ether oxygens (including phenoxy) is 5. The fourth-order valence-corrected chi connectivity index (χ4v) is 14.3. The molecule has 3 aromatic carbocycles. The molecule has 3 aromatic rings. The Labute approximate surface area is 603 Å². The number of amides is 2. The van der Waals surface area contributed by atoms with Gasteiger partial charge in [-0.3, -0.25) is 0 Å². The van der Waals surface area contributed by atoms with Crippen molar-refractivity contribution in [3.63, 3.8) is 0 Å². The summed E-state index contributed by atoms with van der Waals surface area (Å²) in [5, 5.41) is 9.33. The summed E-state index contributed by atoms with van der Waals surface area (Å²) < 4.78 is 31.2. The van der Waals surface area contributed by atoms with E-state index in [0.717, 1.165) is 55.6 Å². The summed E-state index contributed by atoms with van der Waals surface area (Å²) in [7, 11) is 0. The molecule has 99 heavy (non-hydrogen) atoms. The predicted molar refractivity (Wildman–Crippen MR) is 415 cm³/mol. The lowest BCUT2D eigenvalue weighted by molar-refractivity contribution is 0.0224. The Morgan fingerprint density at radius 3 is 1.14 bits per heavy atom. The number of esters is 1. The van der Waals surface area contributed by atoms with Gasteiger partial charge in [-0.05, 0) is 62.4 Å². The van der Waals surface area contributed by atoms with Crippen LogP contribution in [0.1, 0.15) is 356 Å². The fraction of sp³-hybridized carbons (Fsp3) is 0.709. The summed E-state index contributed by atoms with van der Waals surface area (Å²) in [6, 6.07) is 19.3. The van der Waals surface area contributed by atoms with E-state index in [1.165, 1.54) is 276 Å². The first-order chi connectivity index (χ1) is 48.7. The molecule has 2 aliphatic heterocycles. The maximum atomic E-state index is 13.9. The van der Waals surface area contributed by atoms with Gasteiger partial charge in [0.25, 0.3) is 0 Å². The number of carbonyl (C=O) groups excluding carboxylic acids is 3. The van der Waals surface area contributed by atoms with Crippen LogP contribution in [0.5, 0.6) is 11.5 Å². The quantitative estimate of drug-likeness (QED) is 0.0215. The van der Waals surface area contributed by atoms with Crippen LogP contribution in [0.25, 0.3) is 0 Å². The minimum absolute atomic E-state index is 0.142. The van der Waals surface area contributed by atoms with E-state index < -0.39 is 23.8 Å². The zero-order chi connectivity index (χ0) is 70.3. The number of fused-ring (bicyclic) bond motifs is 6. The predicted octanol–water partition coefficient (Wildman–Crippen LogP) is 24.3. The maximum absolute atomic E-state index is 13.9. The first-order valence-corrected chi connectivity index (χ1v) is 41.1. The van der Waals surface area contributed by atoms with Gasteiger partial charge in [0, 0.05) is 59.8 Å². The van der Waals surface area contributed by atoms with Gasteiger partial charge in [0.1, 0.15) is 31.3 Å². The maximum Gasteiger partial charge on any atom is 0.407 e. The number of benzene rings is 3. The zero-order valence-electron chi connectivity index (χ0n) is 63.2. The third-order valence-electron chi connectivity index (χ3n) is 20.3. The van der Waals surface area contributed by atoms with E-state index in [2.05, 4.69) is 54.8 Å².